The molecule has 2 rings (SSSR count). The monoisotopic (exact) mass is 410 g/mol. The van der Waals surface area contributed by atoms with E-state index in [1.54, 1.807) is 30.3 Å². The first kappa shape index (κ1) is 22.0. The van der Waals surface area contributed by atoms with E-state index in [1.165, 1.54) is 18.2 Å². The van der Waals surface area contributed by atoms with Gasteiger partial charge >= 0.3 is 6.18 Å². The second-order valence-electron chi connectivity index (χ2n) is 5.98. The Kier molecular flexibility index (Phi) is 7.81. The molecular weight excluding hydrogens is 389 g/mol. The minimum absolute atomic E-state index is 0.0188. The lowest BCUT2D eigenvalue weighted by Gasteiger charge is -2.12. The van der Waals surface area contributed by atoms with E-state index >= 15 is 0 Å². The van der Waals surface area contributed by atoms with Crippen LogP contribution >= 0.6 is 0 Å². The predicted molar refractivity (Wildman–Crippen MR) is 103 cm³/mol. The normalized spacial score (nSPS) is 11.8. The number of benzene rings is 2. The molecule has 0 aliphatic rings. The third-order valence-electron chi connectivity index (χ3n) is 3.72. The summed E-state index contributed by atoms with van der Waals surface area (Å²) in [7, 11) is 0. The van der Waals surface area contributed by atoms with E-state index in [1.807, 2.05) is 6.92 Å². The van der Waals surface area contributed by atoms with Crippen LogP contribution in [0.3, 0.4) is 0 Å². The zero-order chi connectivity index (χ0) is 21.3. The molecule has 0 bridgehead atoms. The minimum Gasteiger partial charge on any atom is -0.484 e. The molecule has 10 heteroatoms. The molecular formula is C19H21F3N4O3. The fourth-order valence-corrected chi connectivity index (χ4v) is 2.39. The molecule has 156 valence electrons. The summed E-state index contributed by atoms with van der Waals surface area (Å²) in [5, 5.41) is 17.2. The molecule has 0 aliphatic heterocycles. The number of halogens is 3. The molecule has 2 N–H and O–H groups in total. The molecule has 7 nitrogen and oxygen atoms in total. The maximum atomic E-state index is 12.2. The van der Waals surface area contributed by atoms with Crippen LogP contribution in [0.25, 0.3) is 0 Å². The van der Waals surface area contributed by atoms with Gasteiger partial charge in [0.15, 0.2) is 12.6 Å². The fraction of sp³-hybridized carbons (Fsp3) is 0.316. The van der Waals surface area contributed by atoms with Crippen molar-refractivity contribution < 1.29 is 22.8 Å². The number of nitrogens with zero attached hydrogens (tertiary/aromatic N) is 2. The first-order chi connectivity index (χ1) is 13.8. The van der Waals surface area contributed by atoms with Gasteiger partial charge in [0, 0.05) is 24.7 Å². The largest absolute Gasteiger partial charge is 0.484 e. The smallest absolute Gasteiger partial charge is 0.422 e. The molecule has 0 fully saturated rings. The summed E-state index contributed by atoms with van der Waals surface area (Å²) >= 11 is 0. The summed E-state index contributed by atoms with van der Waals surface area (Å²) in [6.45, 7) is 1.62. The van der Waals surface area contributed by atoms with Crippen molar-refractivity contribution in [2.45, 2.75) is 26.2 Å². The quantitative estimate of drug-likeness (QED) is 0.299. The van der Waals surface area contributed by atoms with Crippen LogP contribution in [-0.4, -0.2) is 30.2 Å². The first-order valence-electron chi connectivity index (χ1n) is 8.81. The first-order valence-corrected chi connectivity index (χ1v) is 8.81. The Balaban J connectivity index is 1.97. The molecule has 0 radical (unpaired) electrons. The van der Waals surface area contributed by atoms with Crippen molar-refractivity contribution in [2.24, 2.45) is 4.99 Å². The van der Waals surface area contributed by atoms with Gasteiger partial charge in [-0.15, -0.1) is 0 Å². The highest BCUT2D eigenvalue weighted by atomic mass is 19.4. The van der Waals surface area contributed by atoms with E-state index in [9.17, 15) is 23.3 Å². The van der Waals surface area contributed by atoms with Crippen LogP contribution in [0.1, 0.15) is 18.1 Å². The van der Waals surface area contributed by atoms with Crippen LogP contribution in [0.5, 0.6) is 5.75 Å². The molecule has 0 saturated carbocycles. The van der Waals surface area contributed by atoms with Gasteiger partial charge in [-0.25, -0.2) is 4.99 Å². The number of alkyl halides is 3. The fourth-order valence-electron chi connectivity index (χ4n) is 2.39. The second-order valence-corrected chi connectivity index (χ2v) is 5.98. The van der Waals surface area contributed by atoms with Gasteiger partial charge in [0.25, 0.3) is 5.69 Å². The maximum absolute atomic E-state index is 12.2. The lowest BCUT2D eigenvalue weighted by molar-refractivity contribution is -0.385. The Hall–Kier alpha value is -3.30. The van der Waals surface area contributed by atoms with Gasteiger partial charge in [-0.3, -0.25) is 10.1 Å². The van der Waals surface area contributed by atoms with Gasteiger partial charge in [0.05, 0.1) is 11.5 Å². The molecule has 29 heavy (non-hydrogen) atoms. The average Bonchev–Trinajstić information content (AvgIpc) is 2.69. The van der Waals surface area contributed by atoms with Gasteiger partial charge in [-0.2, -0.15) is 13.2 Å². The van der Waals surface area contributed by atoms with Crippen LogP contribution < -0.4 is 15.4 Å². The van der Waals surface area contributed by atoms with Gasteiger partial charge in [0.2, 0.25) is 0 Å². The zero-order valence-corrected chi connectivity index (χ0v) is 15.7. The van der Waals surface area contributed by atoms with Gasteiger partial charge in [-0.1, -0.05) is 30.3 Å². The molecule has 0 unspecified atom stereocenters. The second kappa shape index (κ2) is 10.3. The summed E-state index contributed by atoms with van der Waals surface area (Å²) < 4.78 is 41.2. The van der Waals surface area contributed by atoms with E-state index in [4.69, 9.17) is 0 Å². The number of nitrogens with one attached hydrogen (secondary N) is 2. The summed E-state index contributed by atoms with van der Waals surface area (Å²) in [6.07, 6.45) is -4.39. The SMILES string of the molecule is CCNC(=NCc1ccc(OCC(F)(F)F)cc1)NCc1ccccc1[N+](=O)[O-]. The third-order valence-corrected chi connectivity index (χ3v) is 3.72. The Bertz CT molecular complexity index is 839. The average molecular weight is 410 g/mol. The summed E-state index contributed by atoms with van der Waals surface area (Å²) in [4.78, 5) is 15.0. The highest BCUT2D eigenvalue weighted by Gasteiger charge is 2.28. The number of aliphatic imine (C=N–C) groups is 1. The van der Waals surface area contributed by atoms with Gasteiger partial charge in [-0.05, 0) is 24.6 Å². The van der Waals surface area contributed by atoms with Crippen molar-refractivity contribution in [3.8, 4) is 5.75 Å². The maximum Gasteiger partial charge on any atom is 0.422 e. The number of ether oxygens (including phenoxy) is 1. The number of hydrogen-bond donors (Lipinski definition) is 2. The Morgan fingerprint density at radius 3 is 2.45 bits per heavy atom. The molecule has 2 aromatic carbocycles. The Labute approximate surface area is 165 Å². The van der Waals surface area contributed by atoms with E-state index < -0.39 is 17.7 Å². The summed E-state index contributed by atoms with van der Waals surface area (Å²) in [5.74, 6) is 0.583. The molecule has 0 heterocycles. The van der Waals surface area contributed by atoms with Crippen molar-refractivity contribution in [3.63, 3.8) is 0 Å². The van der Waals surface area contributed by atoms with Crippen LogP contribution in [0.4, 0.5) is 18.9 Å². The zero-order valence-electron chi connectivity index (χ0n) is 15.7. The number of rotatable bonds is 8. The standard InChI is InChI=1S/C19H21F3N4O3/c1-2-23-18(25-12-15-5-3-4-6-17(15)26(27)28)24-11-14-7-9-16(10-8-14)29-13-19(20,21)22/h3-10H,2,11-13H2,1H3,(H2,23,24,25). The van der Waals surface area contributed by atoms with Crippen LogP contribution in [-0.2, 0) is 13.1 Å². The molecule has 0 atom stereocenters. The van der Waals surface area contributed by atoms with Crippen molar-refractivity contribution in [1.82, 2.24) is 10.6 Å². The molecule has 0 spiro atoms. The number of para-hydroxylation sites is 1. The number of nitro benzene ring substituents is 1. The topological polar surface area (TPSA) is 88.8 Å². The summed E-state index contributed by atoms with van der Waals surface area (Å²) in [6, 6.07) is 12.6. The highest BCUT2D eigenvalue weighted by Crippen LogP contribution is 2.19. The molecule has 2 aromatic rings. The van der Waals surface area contributed by atoms with Crippen LogP contribution in [0.15, 0.2) is 53.5 Å². The Morgan fingerprint density at radius 2 is 1.83 bits per heavy atom. The van der Waals surface area contributed by atoms with E-state index in [2.05, 4.69) is 20.4 Å². The molecule has 0 aromatic heterocycles. The van der Waals surface area contributed by atoms with Gasteiger partial charge < -0.3 is 15.4 Å². The van der Waals surface area contributed by atoms with Gasteiger partial charge in [0.1, 0.15) is 5.75 Å². The van der Waals surface area contributed by atoms with E-state index in [0.29, 0.717) is 18.1 Å². The molecule has 0 aliphatic carbocycles. The van der Waals surface area contributed by atoms with Crippen LogP contribution in [0.2, 0.25) is 0 Å². The number of hydrogen-bond acceptors (Lipinski definition) is 4. The van der Waals surface area contributed by atoms with Crippen molar-refractivity contribution in [1.29, 1.82) is 0 Å². The number of nitro groups is 1. The third kappa shape index (κ3) is 7.68. The van der Waals surface area contributed by atoms with Crippen molar-refractivity contribution in [2.75, 3.05) is 13.2 Å². The van der Waals surface area contributed by atoms with E-state index in [-0.39, 0.29) is 24.5 Å². The van der Waals surface area contributed by atoms with Crippen LogP contribution in [0, 0.1) is 10.1 Å². The summed E-state index contributed by atoms with van der Waals surface area (Å²) in [5.41, 5.74) is 1.31. The molecule has 0 amide bonds. The molecule has 0 saturated heterocycles. The number of guanidine groups is 1. The lowest BCUT2D eigenvalue weighted by Crippen LogP contribution is -2.36. The minimum atomic E-state index is -4.39. The predicted octanol–water partition coefficient (Wildman–Crippen LogP) is 3.79. The highest BCUT2D eigenvalue weighted by molar-refractivity contribution is 5.79. The van der Waals surface area contributed by atoms with Crippen molar-refractivity contribution >= 4 is 11.6 Å². The van der Waals surface area contributed by atoms with Crippen molar-refractivity contribution in [3.05, 3.63) is 69.8 Å². The Morgan fingerprint density at radius 1 is 1.14 bits per heavy atom. The lowest BCUT2D eigenvalue weighted by atomic mass is 10.2. The van der Waals surface area contributed by atoms with E-state index in [0.717, 1.165) is 5.56 Å².